The molecule has 4 nitrogen and oxygen atoms in total. The Morgan fingerprint density at radius 3 is 2.68 bits per heavy atom. The molecule has 5 heteroatoms. The molecule has 1 amide bonds. The lowest BCUT2D eigenvalue weighted by Crippen LogP contribution is -2.47. The summed E-state index contributed by atoms with van der Waals surface area (Å²) in [6.45, 7) is 2.02. The second kappa shape index (κ2) is 5.74. The van der Waals surface area contributed by atoms with Gasteiger partial charge in [0, 0.05) is 0 Å². The van der Waals surface area contributed by atoms with Gasteiger partial charge in [0.1, 0.15) is 0 Å². The topological polar surface area (TPSA) is 66.4 Å². The van der Waals surface area contributed by atoms with Crippen molar-refractivity contribution in [3.63, 3.8) is 0 Å². The predicted octanol–water partition coefficient (Wildman–Crippen LogP) is 2.83. The number of thiophene rings is 1. The third-order valence-corrected chi connectivity index (χ3v) is 4.72. The van der Waals surface area contributed by atoms with E-state index in [1.54, 1.807) is 0 Å². The van der Waals surface area contributed by atoms with E-state index in [4.69, 9.17) is 5.11 Å². The second-order valence-corrected chi connectivity index (χ2v) is 6.06. The number of carboxylic acids is 1. The van der Waals surface area contributed by atoms with Gasteiger partial charge in [-0.25, -0.2) is 0 Å². The second-order valence-electron chi connectivity index (χ2n) is 5.14. The number of hydrogen-bond donors (Lipinski definition) is 2. The van der Waals surface area contributed by atoms with E-state index in [2.05, 4.69) is 5.32 Å². The van der Waals surface area contributed by atoms with Crippen LogP contribution in [0.15, 0.2) is 11.4 Å². The van der Waals surface area contributed by atoms with Crippen LogP contribution in [0.3, 0.4) is 0 Å². The summed E-state index contributed by atoms with van der Waals surface area (Å²) in [7, 11) is 0. The Morgan fingerprint density at radius 2 is 2.11 bits per heavy atom. The van der Waals surface area contributed by atoms with Gasteiger partial charge < -0.3 is 10.4 Å². The van der Waals surface area contributed by atoms with Gasteiger partial charge in [0.15, 0.2) is 0 Å². The van der Waals surface area contributed by atoms with Gasteiger partial charge in [0.2, 0.25) is 0 Å². The molecule has 0 bridgehead atoms. The Bertz CT molecular complexity index is 475. The molecule has 1 aromatic rings. The molecule has 1 fully saturated rings. The number of carbonyl (C=O) groups is 2. The van der Waals surface area contributed by atoms with E-state index in [9.17, 15) is 9.59 Å². The molecule has 1 heterocycles. The van der Waals surface area contributed by atoms with Crippen molar-refractivity contribution in [2.75, 3.05) is 0 Å². The molecule has 0 atom stereocenters. The summed E-state index contributed by atoms with van der Waals surface area (Å²) in [6.07, 6.45) is 4.33. The van der Waals surface area contributed by atoms with Crippen LogP contribution in [0.5, 0.6) is 0 Å². The van der Waals surface area contributed by atoms with Crippen molar-refractivity contribution >= 4 is 23.2 Å². The van der Waals surface area contributed by atoms with Gasteiger partial charge in [0.25, 0.3) is 5.91 Å². The highest BCUT2D eigenvalue weighted by Gasteiger charge is 2.38. The highest BCUT2D eigenvalue weighted by atomic mass is 32.1. The van der Waals surface area contributed by atoms with Crippen LogP contribution in [0.2, 0.25) is 0 Å². The largest absolute Gasteiger partial charge is 0.481 e. The van der Waals surface area contributed by atoms with Gasteiger partial charge in [-0.2, -0.15) is 0 Å². The maximum absolute atomic E-state index is 12.3. The number of aliphatic carboxylic acids is 1. The lowest BCUT2D eigenvalue weighted by atomic mass is 9.93. The minimum atomic E-state index is -0.843. The molecule has 1 aromatic heterocycles. The summed E-state index contributed by atoms with van der Waals surface area (Å²) in [6, 6.07) is 1.96. The lowest BCUT2D eigenvalue weighted by Gasteiger charge is -2.28. The van der Waals surface area contributed by atoms with E-state index in [-0.39, 0.29) is 12.3 Å². The summed E-state index contributed by atoms with van der Waals surface area (Å²) in [4.78, 5) is 24.1. The van der Waals surface area contributed by atoms with Crippen molar-refractivity contribution in [3.8, 4) is 0 Å². The van der Waals surface area contributed by atoms with Crippen molar-refractivity contribution < 1.29 is 14.7 Å². The molecule has 1 aliphatic rings. The quantitative estimate of drug-likeness (QED) is 0.872. The first-order valence-electron chi connectivity index (χ1n) is 6.67. The molecule has 0 saturated heterocycles. The van der Waals surface area contributed by atoms with Crippen molar-refractivity contribution in [3.05, 3.63) is 21.9 Å². The average molecular weight is 281 g/mol. The van der Waals surface area contributed by atoms with Crippen molar-refractivity contribution in [1.29, 1.82) is 0 Å². The van der Waals surface area contributed by atoms with E-state index in [0.29, 0.717) is 0 Å². The molecule has 2 N–H and O–H groups in total. The Kier molecular flexibility index (Phi) is 4.24. The van der Waals surface area contributed by atoms with Crippen LogP contribution in [0.1, 0.15) is 54.3 Å². The van der Waals surface area contributed by atoms with Gasteiger partial charge in [-0.1, -0.05) is 19.8 Å². The fourth-order valence-electron chi connectivity index (χ4n) is 2.80. The van der Waals surface area contributed by atoms with Crippen LogP contribution in [0.25, 0.3) is 0 Å². The monoisotopic (exact) mass is 281 g/mol. The molecular weight excluding hydrogens is 262 g/mol. The fourth-order valence-corrected chi connectivity index (χ4v) is 3.69. The normalized spacial score (nSPS) is 17.3. The zero-order valence-electron chi connectivity index (χ0n) is 11.1. The van der Waals surface area contributed by atoms with Crippen LogP contribution in [0.4, 0.5) is 0 Å². The molecule has 1 saturated carbocycles. The van der Waals surface area contributed by atoms with Crippen LogP contribution in [-0.4, -0.2) is 22.5 Å². The smallest absolute Gasteiger partial charge is 0.305 e. The first-order valence-corrected chi connectivity index (χ1v) is 7.55. The van der Waals surface area contributed by atoms with Crippen LogP contribution < -0.4 is 5.32 Å². The number of carboxylic acid groups (broad SMARTS) is 1. The maximum atomic E-state index is 12.3. The van der Waals surface area contributed by atoms with Crippen molar-refractivity contribution in [2.45, 2.75) is 51.0 Å². The predicted molar refractivity (Wildman–Crippen MR) is 74.6 cm³/mol. The number of carbonyl (C=O) groups excluding carboxylic acids is 1. The molecule has 0 aromatic carbocycles. The minimum absolute atomic E-state index is 0.0194. The highest BCUT2D eigenvalue weighted by molar-refractivity contribution is 7.12. The number of aryl methyl sites for hydroxylation is 1. The van der Waals surface area contributed by atoms with Gasteiger partial charge >= 0.3 is 5.97 Å². The maximum Gasteiger partial charge on any atom is 0.305 e. The fraction of sp³-hybridized carbons (Fsp3) is 0.571. The third kappa shape index (κ3) is 3.15. The molecular formula is C14H19NO3S. The van der Waals surface area contributed by atoms with Crippen LogP contribution >= 0.6 is 11.3 Å². The minimum Gasteiger partial charge on any atom is -0.481 e. The Morgan fingerprint density at radius 1 is 1.42 bits per heavy atom. The Labute approximate surface area is 116 Å². The summed E-state index contributed by atoms with van der Waals surface area (Å²) in [5, 5.41) is 13.9. The van der Waals surface area contributed by atoms with E-state index < -0.39 is 11.5 Å². The summed E-state index contributed by atoms with van der Waals surface area (Å²) in [5.41, 5.74) is 0.490. The first-order chi connectivity index (χ1) is 9.06. The average Bonchev–Trinajstić information content (AvgIpc) is 2.96. The van der Waals surface area contributed by atoms with Crippen molar-refractivity contribution in [1.82, 2.24) is 5.32 Å². The molecule has 0 unspecified atom stereocenters. The van der Waals surface area contributed by atoms with Gasteiger partial charge in [-0.15, -0.1) is 11.3 Å². The summed E-state index contributed by atoms with van der Waals surface area (Å²) >= 11 is 1.42. The SMILES string of the molecule is CCc1ccsc1C(=O)NC1(CC(=O)O)CCCC1. The van der Waals surface area contributed by atoms with Gasteiger partial charge in [0.05, 0.1) is 16.8 Å². The molecule has 2 rings (SSSR count). The molecule has 1 aliphatic carbocycles. The summed E-state index contributed by atoms with van der Waals surface area (Å²) < 4.78 is 0. The lowest BCUT2D eigenvalue weighted by molar-refractivity contribution is -0.138. The molecule has 0 aliphatic heterocycles. The molecule has 19 heavy (non-hydrogen) atoms. The Hall–Kier alpha value is -1.36. The number of hydrogen-bond acceptors (Lipinski definition) is 3. The standard InChI is InChI=1S/C14H19NO3S/c1-2-10-5-8-19-12(10)13(18)15-14(9-11(16)17)6-3-4-7-14/h5,8H,2-4,6-7,9H2,1H3,(H,15,18)(H,16,17). The van der Waals surface area contributed by atoms with E-state index in [1.807, 2.05) is 18.4 Å². The van der Waals surface area contributed by atoms with E-state index in [1.165, 1.54) is 11.3 Å². The Balaban J connectivity index is 2.13. The number of rotatable bonds is 5. The number of nitrogens with one attached hydrogen (secondary N) is 1. The first kappa shape index (κ1) is 14.1. The zero-order valence-corrected chi connectivity index (χ0v) is 11.9. The van der Waals surface area contributed by atoms with E-state index >= 15 is 0 Å². The molecule has 0 spiro atoms. The van der Waals surface area contributed by atoms with E-state index in [0.717, 1.165) is 42.5 Å². The van der Waals surface area contributed by atoms with Gasteiger partial charge in [-0.05, 0) is 36.3 Å². The molecule has 104 valence electrons. The summed E-state index contributed by atoms with van der Waals surface area (Å²) in [5.74, 6) is -0.959. The number of amides is 1. The highest BCUT2D eigenvalue weighted by Crippen LogP contribution is 2.33. The van der Waals surface area contributed by atoms with Crippen LogP contribution in [-0.2, 0) is 11.2 Å². The van der Waals surface area contributed by atoms with Crippen LogP contribution in [0, 0.1) is 0 Å². The zero-order chi connectivity index (χ0) is 13.9. The molecule has 0 radical (unpaired) electrons. The third-order valence-electron chi connectivity index (χ3n) is 3.76. The van der Waals surface area contributed by atoms with Gasteiger partial charge in [-0.3, -0.25) is 9.59 Å². The van der Waals surface area contributed by atoms with Crippen molar-refractivity contribution in [2.24, 2.45) is 0 Å².